The van der Waals surface area contributed by atoms with Gasteiger partial charge in [0.05, 0.1) is 16.8 Å². The lowest BCUT2D eigenvalue weighted by molar-refractivity contribution is 0.181. The van der Waals surface area contributed by atoms with E-state index in [4.69, 9.17) is 23.2 Å². The second kappa shape index (κ2) is 10.0. The zero-order valence-corrected chi connectivity index (χ0v) is 16.3. The lowest BCUT2D eigenvalue weighted by Crippen LogP contribution is -2.37. The fraction of sp³-hybridized carbons (Fsp3) is 0.400. The molecular formula is C20H26Cl2N2O. The zero-order valence-electron chi connectivity index (χ0n) is 14.8. The summed E-state index contributed by atoms with van der Waals surface area (Å²) in [5, 5.41) is 11.9. The second-order valence-corrected chi connectivity index (χ2v) is 6.84. The Morgan fingerprint density at radius 3 is 2.28 bits per heavy atom. The van der Waals surface area contributed by atoms with E-state index in [1.807, 2.05) is 36.4 Å². The van der Waals surface area contributed by atoms with Crippen molar-refractivity contribution in [3.63, 3.8) is 0 Å². The van der Waals surface area contributed by atoms with Crippen LogP contribution >= 0.6 is 23.2 Å². The number of likely N-dealkylation sites (N-methyl/N-ethyl adjacent to an activating group) is 1. The molecule has 0 bridgehead atoms. The summed E-state index contributed by atoms with van der Waals surface area (Å²) in [4.78, 5) is 4.46. The monoisotopic (exact) mass is 380 g/mol. The number of aliphatic hydroxyl groups excluding tert-OH is 1. The Kier molecular flexibility index (Phi) is 8.04. The molecule has 0 aliphatic rings. The molecule has 2 aromatic rings. The Bertz CT molecular complexity index is 647. The van der Waals surface area contributed by atoms with Gasteiger partial charge in [0.25, 0.3) is 0 Å². The molecule has 0 saturated heterocycles. The van der Waals surface area contributed by atoms with Crippen LogP contribution in [-0.4, -0.2) is 42.7 Å². The number of rotatable bonds is 9. The second-order valence-electron chi connectivity index (χ2n) is 6.00. The predicted molar refractivity (Wildman–Crippen MR) is 108 cm³/mol. The molecule has 1 N–H and O–H groups in total. The van der Waals surface area contributed by atoms with Gasteiger partial charge in [-0.25, -0.2) is 0 Å². The molecule has 0 amide bonds. The first-order chi connectivity index (χ1) is 12.0. The van der Waals surface area contributed by atoms with Gasteiger partial charge in [0.15, 0.2) is 0 Å². The summed E-state index contributed by atoms with van der Waals surface area (Å²) < 4.78 is 0. The van der Waals surface area contributed by atoms with Crippen LogP contribution in [0.1, 0.15) is 25.5 Å². The summed E-state index contributed by atoms with van der Waals surface area (Å²) in [6.45, 7) is 8.43. The number of benzene rings is 2. The highest BCUT2D eigenvalue weighted by molar-refractivity contribution is 6.35. The standard InChI is InChI=1S/C20H26Cl2N2O/c1-3-23(4-2)12-13-24(19-14-17(21)10-11-18(19)22)15-20(25)16-8-6-5-7-9-16/h5-11,14,20,25H,3-4,12-13,15H2,1-2H3. The van der Waals surface area contributed by atoms with Crippen LogP contribution in [0.5, 0.6) is 0 Å². The molecule has 0 saturated carbocycles. The summed E-state index contributed by atoms with van der Waals surface area (Å²) in [6, 6.07) is 15.1. The maximum Gasteiger partial charge on any atom is 0.0964 e. The van der Waals surface area contributed by atoms with Crippen LogP contribution in [0.3, 0.4) is 0 Å². The van der Waals surface area contributed by atoms with Crippen LogP contribution in [0.25, 0.3) is 0 Å². The average molecular weight is 381 g/mol. The van der Waals surface area contributed by atoms with Gasteiger partial charge >= 0.3 is 0 Å². The fourth-order valence-electron chi connectivity index (χ4n) is 2.83. The van der Waals surface area contributed by atoms with Crippen LogP contribution in [-0.2, 0) is 0 Å². The Labute approximate surface area is 160 Å². The summed E-state index contributed by atoms with van der Waals surface area (Å²) in [5.74, 6) is 0. The van der Waals surface area contributed by atoms with Gasteiger partial charge in [-0.05, 0) is 36.9 Å². The SMILES string of the molecule is CCN(CC)CCN(CC(O)c1ccccc1)c1cc(Cl)ccc1Cl. The minimum atomic E-state index is -0.590. The summed E-state index contributed by atoms with van der Waals surface area (Å²) in [6.07, 6.45) is -0.590. The maximum absolute atomic E-state index is 10.7. The first kappa shape index (κ1) is 20.1. The highest BCUT2D eigenvalue weighted by Gasteiger charge is 2.17. The molecule has 2 aromatic carbocycles. The summed E-state index contributed by atoms with van der Waals surface area (Å²) in [7, 11) is 0. The summed E-state index contributed by atoms with van der Waals surface area (Å²) >= 11 is 12.6. The minimum Gasteiger partial charge on any atom is -0.387 e. The summed E-state index contributed by atoms with van der Waals surface area (Å²) in [5.41, 5.74) is 1.75. The molecule has 136 valence electrons. The van der Waals surface area contributed by atoms with E-state index < -0.39 is 6.10 Å². The van der Waals surface area contributed by atoms with E-state index in [1.54, 1.807) is 12.1 Å². The van der Waals surface area contributed by atoms with Crippen molar-refractivity contribution in [3.8, 4) is 0 Å². The van der Waals surface area contributed by atoms with Crippen molar-refractivity contribution in [2.24, 2.45) is 0 Å². The zero-order chi connectivity index (χ0) is 18.2. The molecule has 2 rings (SSSR count). The Hall–Kier alpha value is -1.26. The number of hydrogen-bond acceptors (Lipinski definition) is 3. The molecule has 3 nitrogen and oxygen atoms in total. The molecule has 0 radical (unpaired) electrons. The van der Waals surface area contributed by atoms with E-state index in [9.17, 15) is 5.11 Å². The van der Waals surface area contributed by atoms with Crippen molar-refractivity contribution >= 4 is 28.9 Å². The number of hydrogen-bond donors (Lipinski definition) is 1. The largest absolute Gasteiger partial charge is 0.387 e. The van der Waals surface area contributed by atoms with Gasteiger partial charge in [0.2, 0.25) is 0 Å². The smallest absolute Gasteiger partial charge is 0.0964 e. The van der Waals surface area contributed by atoms with Gasteiger partial charge in [0.1, 0.15) is 0 Å². The molecular weight excluding hydrogens is 355 g/mol. The maximum atomic E-state index is 10.7. The highest BCUT2D eigenvalue weighted by atomic mass is 35.5. The number of aliphatic hydroxyl groups is 1. The third kappa shape index (κ3) is 5.89. The lowest BCUT2D eigenvalue weighted by Gasteiger charge is -2.31. The van der Waals surface area contributed by atoms with Crippen LogP contribution in [0.2, 0.25) is 10.0 Å². The molecule has 5 heteroatoms. The quantitative estimate of drug-likeness (QED) is 0.671. The van der Waals surface area contributed by atoms with Crippen molar-refractivity contribution in [2.45, 2.75) is 20.0 Å². The van der Waals surface area contributed by atoms with Crippen molar-refractivity contribution in [2.75, 3.05) is 37.6 Å². The van der Waals surface area contributed by atoms with Gasteiger partial charge in [-0.1, -0.05) is 67.4 Å². The molecule has 0 aromatic heterocycles. The van der Waals surface area contributed by atoms with Gasteiger partial charge in [-0.3, -0.25) is 0 Å². The van der Waals surface area contributed by atoms with Gasteiger partial charge < -0.3 is 14.9 Å². The van der Waals surface area contributed by atoms with Crippen LogP contribution in [0.15, 0.2) is 48.5 Å². The molecule has 1 atom stereocenters. The van der Waals surface area contributed by atoms with Crippen LogP contribution in [0.4, 0.5) is 5.69 Å². The first-order valence-electron chi connectivity index (χ1n) is 8.70. The molecule has 0 heterocycles. The number of nitrogens with zero attached hydrogens (tertiary/aromatic N) is 2. The van der Waals surface area contributed by atoms with Gasteiger partial charge in [-0.2, -0.15) is 0 Å². The molecule has 0 fully saturated rings. The van der Waals surface area contributed by atoms with Crippen LogP contribution < -0.4 is 4.90 Å². The molecule has 1 unspecified atom stereocenters. The minimum absolute atomic E-state index is 0.464. The van der Waals surface area contributed by atoms with Gasteiger partial charge in [0, 0.05) is 24.7 Å². The van der Waals surface area contributed by atoms with E-state index in [0.717, 1.165) is 37.4 Å². The third-order valence-electron chi connectivity index (χ3n) is 4.41. The number of halogens is 2. The van der Waals surface area contributed by atoms with E-state index in [-0.39, 0.29) is 0 Å². The Balaban J connectivity index is 2.20. The molecule has 0 aliphatic carbocycles. The Morgan fingerprint density at radius 1 is 0.960 bits per heavy atom. The van der Waals surface area contributed by atoms with Crippen molar-refractivity contribution in [1.29, 1.82) is 0 Å². The third-order valence-corrected chi connectivity index (χ3v) is 4.96. The molecule has 25 heavy (non-hydrogen) atoms. The Morgan fingerprint density at radius 2 is 1.64 bits per heavy atom. The molecule has 0 aliphatic heterocycles. The number of anilines is 1. The highest BCUT2D eigenvalue weighted by Crippen LogP contribution is 2.30. The van der Waals surface area contributed by atoms with E-state index >= 15 is 0 Å². The molecule has 0 spiro atoms. The predicted octanol–water partition coefficient (Wildman–Crippen LogP) is 4.88. The van der Waals surface area contributed by atoms with Crippen molar-refractivity contribution in [3.05, 3.63) is 64.1 Å². The van der Waals surface area contributed by atoms with E-state index in [0.29, 0.717) is 16.6 Å². The first-order valence-corrected chi connectivity index (χ1v) is 9.46. The van der Waals surface area contributed by atoms with Gasteiger partial charge in [-0.15, -0.1) is 0 Å². The fourth-order valence-corrected chi connectivity index (χ4v) is 3.23. The van der Waals surface area contributed by atoms with E-state index in [1.165, 1.54) is 0 Å². The topological polar surface area (TPSA) is 26.7 Å². The van der Waals surface area contributed by atoms with Crippen molar-refractivity contribution in [1.82, 2.24) is 4.90 Å². The van der Waals surface area contributed by atoms with E-state index in [2.05, 4.69) is 23.6 Å². The normalized spacial score (nSPS) is 12.4. The van der Waals surface area contributed by atoms with Crippen LogP contribution in [0, 0.1) is 0 Å². The lowest BCUT2D eigenvalue weighted by atomic mass is 10.1. The van der Waals surface area contributed by atoms with Crippen molar-refractivity contribution < 1.29 is 5.11 Å². The average Bonchev–Trinajstić information content (AvgIpc) is 2.64.